The molecule has 6 rings (SSSR count). The highest BCUT2D eigenvalue weighted by Crippen LogP contribution is 2.18. The van der Waals surface area contributed by atoms with Crippen molar-refractivity contribution in [2.75, 3.05) is 11.1 Å². The number of amides is 1. The number of fused-ring (bicyclic) bond motifs is 2. The van der Waals surface area contributed by atoms with Crippen molar-refractivity contribution in [3.8, 4) is 11.4 Å². The Balaban J connectivity index is 1.30. The number of rotatable bonds is 6. The van der Waals surface area contributed by atoms with Crippen LogP contribution in [0.15, 0.2) is 85.6 Å². The SMILES string of the molecule is CC(=O)Nc1ccc(-n2[nH]c3[nH]c(=O)c(C=CC=C=Cc4c(C)c5c(=O)n(-c6ccc(N)cc6)[nH]c5[nH]c4=O)c(C)c3c2=O)cc1. The van der Waals surface area contributed by atoms with Crippen molar-refractivity contribution in [2.24, 2.45) is 0 Å². The minimum atomic E-state index is -0.410. The maximum absolute atomic E-state index is 13.3. The van der Waals surface area contributed by atoms with Crippen molar-refractivity contribution in [1.29, 1.82) is 0 Å². The lowest BCUT2D eigenvalue weighted by Crippen LogP contribution is -2.16. The monoisotopic (exact) mass is 616 g/mol. The molecule has 0 spiro atoms. The fraction of sp³-hybridized carbons (Fsp3) is 0.0909. The van der Waals surface area contributed by atoms with Crippen molar-refractivity contribution in [1.82, 2.24) is 29.5 Å². The summed E-state index contributed by atoms with van der Waals surface area (Å²) in [6.45, 7) is 4.77. The molecule has 4 aromatic heterocycles. The van der Waals surface area contributed by atoms with Crippen LogP contribution in [0.1, 0.15) is 29.2 Å². The summed E-state index contributed by atoms with van der Waals surface area (Å²) in [7, 11) is 0. The van der Waals surface area contributed by atoms with E-state index in [2.05, 4.69) is 31.2 Å². The molecule has 0 saturated heterocycles. The molecule has 0 radical (unpaired) electrons. The number of carbonyl (C=O) groups is 1. The van der Waals surface area contributed by atoms with Gasteiger partial charge in [-0.15, -0.1) is 5.73 Å². The van der Waals surface area contributed by atoms with Gasteiger partial charge in [-0.25, -0.2) is 9.36 Å². The summed E-state index contributed by atoms with van der Waals surface area (Å²) in [5, 5.41) is 9.18. The first kappa shape index (κ1) is 29.5. The largest absolute Gasteiger partial charge is 0.399 e. The van der Waals surface area contributed by atoms with Crippen molar-refractivity contribution in [3.05, 3.63) is 130 Å². The average molecular weight is 617 g/mol. The van der Waals surface area contributed by atoms with Crippen LogP contribution >= 0.6 is 0 Å². The molecule has 0 atom stereocenters. The molecule has 0 aliphatic rings. The summed E-state index contributed by atoms with van der Waals surface area (Å²) in [4.78, 5) is 69.0. The van der Waals surface area contributed by atoms with Gasteiger partial charge in [0.1, 0.15) is 11.3 Å². The Morgan fingerprint density at radius 2 is 1.28 bits per heavy atom. The van der Waals surface area contributed by atoms with E-state index >= 15 is 0 Å². The quantitative estimate of drug-likeness (QED) is 0.0942. The fourth-order valence-corrected chi connectivity index (χ4v) is 5.31. The van der Waals surface area contributed by atoms with Gasteiger partial charge >= 0.3 is 0 Å². The molecule has 1 amide bonds. The zero-order valence-electron chi connectivity index (χ0n) is 24.9. The summed E-state index contributed by atoms with van der Waals surface area (Å²) in [6.07, 6.45) is 6.09. The Hall–Kier alpha value is -6.59. The van der Waals surface area contributed by atoms with E-state index in [0.29, 0.717) is 50.3 Å². The van der Waals surface area contributed by atoms with Crippen molar-refractivity contribution < 1.29 is 4.79 Å². The Morgan fingerprint density at radius 1 is 0.783 bits per heavy atom. The molecule has 2 aromatic carbocycles. The lowest BCUT2D eigenvalue weighted by Gasteiger charge is -2.04. The number of nitrogen functional groups attached to an aromatic ring is 1. The number of carbonyl (C=O) groups excluding carboxylic acids is 1. The van der Waals surface area contributed by atoms with Crippen LogP contribution < -0.4 is 33.3 Å². The number of nitrogens with two attached hydrogens (primary N) is 1. The number of aromatic amines is 4. The molecular weight excluding hydrogens is 588 g/mol. The van der Waals surface area contributed by atoms with Crippen LogP contribution in [0.2, 0.25) is 0 Å². The molecule has 4 heterocycles. The third-order valence-electron chi connectivity index (χ3n) is 7.59. The van der Waals surface area contributed by atoms with E-state index in [4.69, 9.17) is 5.73 Å². The van der Waals surface area contributed by atoms with Crippen LogP contribution in [0.25, 0.3) is 45.6 Å². The number of H-pyrrole nitrogens is 4. The number of pyridine rings is 2. The van der Waals surface area contributed by atoms with Gasteiger partial charge in [0, 0.05) is 23.9 Å². The smallest absolute Gasteiger partial charge is 0.281 e. The number of benzene rings is 2. The fourth-order valence-electron chi connectivity index (χ4n) is 5.31. The highest BCUT2D eigenvalue weighted by molar-refractivity contribution is 5.89. The van der Waals surface area contributed by atoms with Crippen LogP contribution in [0.4, 0.5) is 11.4 Å². The first-order valence-electron chi connectivity index (χ1n) is 14.1. The molecule has 0 aliphatic heterocycles. The van der Waals surface area contributed by atoms with E-state index in [9.17, 15) is 24.0 Å². The number of hydrogen-bond donors (Lipinski definition) is 6. The van der Waals surface area contributed by atoms with Gasteiger partial charge < -0.3 is 21.0 Å². The molecule has 13 nitrogen and oxygen atoms in total. The van der Waals surface area contributed by atoms with E-state index in [1.807, 2.05) is 0 Å². The maximum Gasteiger partial charge on any atom is 0.281 e. The van der Waals surface area contributed by atoms with Gasteiger partial charge in [-0.05, 0) is 91.7 Å². The van der Waals surface area contributed by atoms with Crippen LogP contribution in [0.5, 0.6) is 0 Å². The van der Waals surface area contributed by atoms with Gasteiger partial charge in [-0.3, -0.25) is 34.2 Å². The van der Waals surface area contributed by atoms with E-state index in [0.717, 1.165) is 0 Å². The van der Waals surface area contributed by atoms with Gasteiger partial charge in [0.05, 0.1) is 27.7 Å². The Kier molecular flexibility index (Phi) is 7.36. The number of nitrogens with one attached hydrogen (secondary N) is 5. The number of allylic oxidation sites excluding steroid dienone is 2. The number of nitrogens with zero attached hydrogens (tertiary/aromatic N) is 2. The van der Waals surface area contributed by atoms with Crippen LogP contribution in [0.3, 0.4) is 0 Å². The molecule has 0 aliphatic carbocycles. The average Bonchev–Trinajstić information content (AvgIpc) is 3.52. The van der Waals surface area contributed by atoms with Crippen molar-refractivity contribution >= 4 is 51.5 Å². The Bertz CT molecular complexity index is 2510. The maximum atomic E-state index is 13.3. The van der Waals surface area contributed by atoms with E-state index in [-0.39, 0.29) is 33.8 Å². The van der Waals surface area contributed by atoms with E-state index < -0.39 is 11.1 Å². The van der Waals surface area contributed by atoms with E-state index in [1.165, 1.54) is 28.4 Å². The van der Waals surface area contributed by atoms with Crippen molar-refractivity contribution in [2.45, 2.75) is 20.8 Å². The molecule has 230 valence electrons. The van der Waals surface area contributed by atoms with Gasteiger partial charge in [-0.1, -0.05) is 6.08 Å². The molecule has 0 bridgehead atoms. The zero-order valence-corrected chi connectivity index (χ0v) is 24.9. The topological polar surface area (TPSA) is 196 Å². The van der Waals surface area contributed by atoms with Crippen LogP contribution in [-0.2, 0) is 4.79 Å². The second kappa shape index (κ2) is 11.5. The standard InChI is InChI=1S/C33H28N8O5/c1-17-24(30(43)36-28-26(17)32(45)40(38-28)22-13-9-20(34)10-14-22)7-5-4-6-8-25-18(2)27-29(37-31(25)44)39-41(33(27)46)23-15-11-21(12-16-23)35-19(3)42/h4,6-16H,34H2,1-3H3,(H,35,42)(H2,36,38,43)(H2,37,39,44). The number of hydrogen-bond acceptors (Lipinski definition) is 6. The first-order valence-corrected chi connectivity index (χ1v) is 14.1. The Labute approximate surface area is 259 Å². The molecule has 46 heavy (non-hydrogen) atoms. The normalized spacial score (nSPS) is 11.3. The number of anilines is 2. The molecule has 0 saturated carbocycles. The second-order valence-corrected chi connectivity index (χ2v) is 10.6. The molecule has 0 fully saturated rings. The molecule has 6 aromatic rings. The van der Waals surface area contributed by atoms with Crippen LogP contribution in [-0.4, -0.2) is 35.4 Å². The first-order chi connectivity index (χ1) is 22.0. The van der Waals surface area contributed by atoms with Gasteiger partial charge in [-0.2, -0.15) is 0 Å². The lowest BCUT2D eigenvalue weighted by molar-refractivity contribution is -0.114. The number of aryl methyl sites for hydroxylation is 2. The van der Waals surface area contributed by atoms with Crippen LogP contribution in [0, 0.1) is 13.8 Å². The second-order valence-electron chi connectivity index (χ2n) is 10.6. The third kappa shape index (κ3) is 5.23. The summed E-state index contributed by atoms with van der Waals surface area (Å²) in [5.41, 5.74) is 11.5. The predicted octanol–water partition coefficient (Wildman–Crippen LogP) is 3.37. The third-order valence-corrected chi connectivity index (χ3v) is 7.59. The summed E-state index contributed by atoms with van der Waals surface area (Å²) >= 11 is 0. The highest BCUT2D eigenvalue weighted by atomic mass is 16.2. The lowest BCUT2D eigenvalue weighted by atomic mass is 10.1. The van der Waals surface area contributed by atoms with Gasteiger partial charge in [0.15, 0.2) is 0 Å². The summed E-state index contributed by atoms with van der Waals surface area (Å²) < 4.78 is 2.64. The highest BCUT2D eigenvalue weighted by Gasteiger charge is 2.17. The molecular formula is C33H28N8O5. The Morgan fingerprint density at radius 3 is 1.83 bits per heavy atom. The summed E-state index contributed by atoms with van der Waals surface area (Å²) in [6, 6.07) is 13.4. The van der Waals surface area contributed by atoms with Gasteiger partial charge in [0.2, 0.25) is 5.91 Å². The molecule has 0 unspecified atom stereocenters. The van der Waals surface area contributed by atoms with E-state index in [1.54, 1.807) is 74.5 Å². The molecule has 7 N–H and O–H groups in total. The molecule has 13 heteroatoms. The predicted molar refractivity (Wildman–Crippen MR) is 179 cm³/mol. The van der Waals surface area contributed by atoms with Gasteiger partial charge in [0.25, 0.3) is 22.2 Å². The zero-order chi connectivity index (χ0) is 32.7. The van der Waals surface area contributed by atoms with Crippen molar-refractivity contribution in [3.63, 3.8) is 0 Å². The number of aromatic nitrogens is 6. The minimum Gasteiger partial charge on any atom is -0.399 e. The summed E-state index contributed by atoms with van der Waals surface area (Å²) in [5.74, 6) is -0.210. The minimum absolute atomic E-state index is 0.210.